The number of halogens is 1. The van der Waals surface area contributed by atoms with Gasteiger partial charge in [-0.3, -0.25) is 0 Å². The molecular weight excluding hydrogens is 251 g/mol. The summed E-state index contributed by atoms with van der Waals surface area (Å²) in [5.74, 6) is -0.787. The van der Waals surface area contributed by atoms with Crippen molar-refractivity contribution in [2.24, 2.45) is 0 Å². The first-order chi connectivity index (χ1) is 9.20. The van der Waals surface area contributed by atoms with Gasteiger partial charge in [0.05, 0.1) is 6.61 Å². The lowest BCUT2D eigenvalue weighted by molar-refractivity contribution is -0.136. The van der Waals surface area contributed by atoms with Gasteiger partial charge in [0, 0.05) is 0 Å². The van der Waals surface area contributed by atoms with Crippen LogP contribution in [0, 0.1) is 5.82 Å². The predicted molar refractivity (Wildman–Crippen MR) is 65.1 cm³/mol. The molecule has 2 rings (SSSR count). The molecule has 1 N–H and O–H groups in total. The van der Waals surface area contributed by atoms with Crippen molar-refractivity contribution in [1.82, 2.24) is 20.6 Å². The largest absolute Gasteiger partial charge is 0.462 e. The maximum atomic E-state index is 12.8. The van der Waals surface area contributed by atoms with E-state index in [2.05, 4.69) is 20.6 Å². The number of carbonyl (C=O) groups is 1. The van der Waals surface area contributed by atoms with Gasteiger partial charge in [-0.1, -0.05) is 12.1 Å². The highest BCUT2D eigenvalue weighted by atomic mass is 19.1. The molecule has 0 fully saturated rings. The van der Waals surface area contributed by atoms with Crippen molar-refractivity contribution in [3.8, 4) is 0 Å². The van der Waals surface area contributed by atoms with E-state index >= 15 is 0 Å². The summed E-state index contributed by atoms with van der Waals surface area (Å²) in [4.78, 5) is 11.8. The van der Waals surface area contributed by atoms with Crippen molar-refractivity contribution < 1.29 is 13.9 Å². The molecule has 0 bridgehead atoms. The molecule has 0 aliphatic rings. The Kier molecular flexibility index (Phi) is 3.97. The molecule has 0 radical (unpaired) electrons. The van der Waals surface area contributed by atoms with Crippen LogP contribution in [-0.2, 0) is 9.53 Å². The second kappa shape index (κ2) is 5.85. The summed E-state index contributed by atoms with van der Waals surface area (Å²) < 4.78 is 17.7. The third-order valence-corrected chi connectivity index (χ3v) is 2.26. The molecule has 0 aliphatic heterocycles. The van der Waals surface area contributed by atoms with Crippen LogP contribution in [0.15, 0.2) is 24.3 Å². The average Bonchev–Trinajstić information content (AvgIpc) is 2.92. The van der Waals surface area contributed by atoms with Crippen LogP contribution >= 0.6 is 0 Å². The van der Waals surface area contributed by atoms with Gasteiger partial charge in [-0.2, -0.15) is 5.21 Å². The first kappa shape index (κ1) is 12.9. The van der Waals surface area contributed by atoms with Crippen LogP contribution in [0.4, 0.5) is 4.39 Å². The fourth-order valence-electron chi connectivity index (χ4n) is 1.43. The summed E-state index contributed by atoms with van der Waals surface area (Å²) in [6, 6.07) is 5.67. The van der Waals surface area contributed by atoms with Crippen LogP contribution < -0.4 is 0 Å². The number of H-pyrrole nitrogens is 1. The van der Waals surface area contributed by atoms with Crippen LogP contribution in [0.3, 0.4) is 0 Å². The molecule has 0 atom stereocenters. The minimum atomic E-state index is -0.562. The first-order valence-corrected chi connectivity index (χ1v) is 5.59. The average molecular weight is 262 g/mol. The zero-order valence-corrected chi connectivity index (χ0v) is 10.1. The summed E-state index contributed by atoms with van der Waals surface area (Å²) in [6.07, 6.45) is 1.52. The Morgan fingerprint density at radius 3 is 2.74 bits per heavy atom. The molecule has 98 valence electrons. The normalized spacial score (nSPS) is 11.4. The number of rotatable bonds is 4. The SMILES string of the molecule is CCOC(=O)C(=Cc1ccc(F)cc1)c1nn[nH]n1. The van der Waals surface area contributed by atoms with Gasteiger partial charge in [0.15, 0.2) is 0 Å². The Hall–Kier alpha value is -2.57. The van der Waals surface area contributed by atoms with Crippen LogP contribution in [0.1, 0.15) is 18.3 Å². The van der Waals surface area contributed by atoms with Crippen LogP contribution in [0.5, 0.6) is 0 Å². The number of hydrogen-bond acceptors (Lipinski definition) is 5. The lowest BCUT2D eigenvalue weighted by Crippen LogP contribution is -2.08. The van der Waals surface area contributed by atoms with Gasteiger partial charge in [0.1, 0.15) is 11.4 Å². The Morgan fingerprint density at radius 1 is 1.42 bits per heavy atom. The minimum absolute atomic E-state index is 0.128. The van der Waals surface area contributed by atoms with Gasteiger partial charge in [0.25, 0.3) is 0 Å². The molecule has 1 aromatic carbocycles. The summed E-state index contributed by atoms with van der Waals surface area (Å²) in [6.45, 7) is 1.93. The number of esters is 1. The standard InChI is InChI=1S/C12H11FN4O2/c1-2-19-12(18)10(11-14-16-17-15-11)7-8-3-5-9(13)6-4-8/h3-7H,2H2,1H3,(H,14,15,16,17). The van der Waals surface area contributed by atoms with Crippen molar-refractivity contribution in [2.45, 2.75) is 6.92 Å². The fourth-order valence-corrected chi connectivity index (χ4v) is 1.43. The van der Waals surface area contributed by atoms with Crippen molar-refractivity contribution in [1.29, 1.82) is 0 Å². The number of benzene rings is 1. The number of nitrogens with one attached hydrogen (secondary N) is 1. The van der Waals surface area contributed by atoms with Gasteiger partial charge in [-0.15, -0.1) is 10.2 Å². The topological polar surface area (TPSA) is 80.8 Å². The second-order valence-electron chi connectivity index (χ2n) is 3.57. The molecule has 1 heterocycles. The molecular formula is C12H11FN4O2. The second-order valence-corrected chi connectivity index (χ2v) is 3.57. The third-order valence-electron chi connectivity index (χ3n) is 2.26. The van der Waals surface area contributed by atoms with E-state index in [0.717, 1.165) is 0 Å². The van der Waals surface area contributed by atoms with Crippen molar-refractivity contribution in [2.75, 3.05) is 6.61 Å². The van der Waals surface area contributed by atoms with E-state index < -0.39 is 5.97 Å². The fraction of sp³-hybridized carbons (Fsp3) is 0.167. The van der Waals surface area contributed by atoms with Gasteiger partial charge < -0.3 is 4.74 Å². The Labute approximate surface area is 108 Å². The lowest BCUT2D eigenvalue weighted by atomic mass is 10.1. The van der Waals surface area contributed by atoms with Crippen molar-refractivity contribution >= 4 is 17.6 Å². The van der Waals surface area contributed by atoms with Crippen LogP contribution in [0.25, 0.3) is 11.6 Å². The molecule has 0 saturated carbocycles. The molecule has 1 aromatic heterocycles. The zero-order valence-electron chi connectivity index (χ0n) is 10.1. The molecule has 0 amide bonds. The molecule has 7 heteroatoms. The number of carbonyl (C=O) groups excluding carboxylic acids is 1. The van der Waals surface area contributed by atoms with E-state index in [-0.39, 0.29) is 23.8 Å². The Bertz CT molecular complexity index is 578. The first-order valence-electron chi connectivity index (χ1n) is 5.59. The summed E-state index contributed by atoms with van der Waals surface area (Å²) in [7, 11) is 0. The maximum absolute atomic E-state index is 12.8. The minimum Gasteiger partial charge on any atom is -0.462 e. The highest BCUT2D eigenvalue weighted by molar-refractivity contribution is 6.20. The summed E-state index contributed by atoms with van der Waals surface area (Å²) in [5.41, 5.74) is 0.788. The lowest BCUT2D eigenvalue weighted by Gasteiger charge is -2.03. The number of hydrogen-bond donors (Lipinski definition) is 1. The molecule has 19 heavy (non-hydrogen) atoms. The smallest absolute Gasteiger partial charge is 0.342 e. The molecule has 0 unspecified atom stereocenters. The molecule has 2 aromatic rings. The monoisotopic (exact) mass is 262 g/mol. The van der Waals surface area contributed by atoms with Crippen molar-refractivity contribution in [3.05, 3.63) is 41.5 Å². The third kappa shape index (κ3) is 3.21. The number of aromatic nitrogens is 4. The Morgan fingerprint density at radius 2 is 2.16 bits per heavy atom. The van der Waals surface area contributed by atoms with E-state index in [4.69, 9.17) is 4.74 Å². The summed E-state index contributed by atoms with van der Waals surface area (Å²) in [5, 5.41) is 13.1. The Balaban J connectivity index is 2.37. The molecule has 0 aliphatic carbocycles. The highest BCUT2D eigenvalue weighted by Gasteiger charge is 2.17. The van der Waals surface area contributed by atoms with Gasteiger partial charge >= 0.3 is 5.97 Å². The zero-order chi connectivity index (χ0) is 13.7. The summed E-state index contributed by atoms with van der Waals surface area (Å²) >= 11 is 0. The van der Waals surface area contributed by atoms with E-state index in [9.17, 15) is 9.18 Å². The van der Waals surface area contributed by atoms with Crippen LogP contribution in [-0.4, -0.2) is 33.2 Å². The maximum Gasteiger partial charge on any atom is 0.342 e. The van der Waals surface area contributed by atoms with Gasteiger partial charge in [0.2, 0.25) is 5.82 Å². The van der Waals surface area contributed by atoms with Gasteiger partial charge in [-0.05, 0) is 35.9 Å². The van der Waals surface area contributed by atoms with Crippen LogP contribution in [0.2, 0.25) is 0 Å². The van der Waals surface area contributed by atoms with E-state index in [0.29, 0.717) is 5.56 Å². The molecule has 0 saturated heterocycles. The number of ether oxygens (including phenoxy) is 1. The van der Waals surface area contributed by atoms with Gasteiger partial charge in [-0.25, -0.2) is 9.18 Å². The number of nitrogens with zero attached hydrogens (tertiary/aromatic N) is 3. The van der Waals surface area contributed by atoms with E-state index in [1.54, 1.807) is 6.92 Å². The molecule has 0 spiro atoms. The molecule has 6 nitrogen and oxygen atoms in total. The van der Waals surface area contributed by atoms with E-state index in [1.165, 1.54) is 30.3 Å². The number of tetrazole rings is 1. The van der Waals surface area contributed by atoms with Crippen molar-refractivity contribution in [3.63, 3.8) is 0 Å². The quantitative estimate of drug-likeness (QED) is 0.666. The number of aromatic amines is 1. The van der Waals surface area contributed by atoms with E-state index in [1.807, 2.05) is 0 Å². The highest BCUT2D eigenvalue weighted by Crippen LogP contribution is 2.16. The predicted octanol–water partition coefficient (Wildman–Crippen LogP) is 1.44.